The summed E-state index contributed by atoms with van der Waals surface area (Å²) in [5.41, 5.74) is 3.02. The third-order valence-electron chi connectivity index (χ3n) is 6.64. The quantitative estimate of drug-likeness (QED) is 0.649. The number of hydrogen-bond donors (Lipinski definition) is 1. The molecule has 33 heavy (non-hydrogen) atoms. The molecule has 0 bridgehead atoms. The van der Waals surface area contributed by atoms with Crippen molar-refractivity contribution in [2.75, 3.05) is 38.2 Å². The van der Waals surface area contributed by atoms with Crippen LogP contribution in [0.2, 0.25) is 0 Å². The highest BCUT2D eigenvalue weighted by atomic mass is 16.5. The molecule has 3 heterocycles. The van der Waals surface area contributed by atoms with Crippen molar-refractivity contribution in [3.63, 3.8) is 0 Å². The fraction of sp³-hybridized carbons (Fsp3) is 0.385. The molecule has 3 amide bonds. The Labute approximate surface area is 193 Å². The highest BCUT2D eigenvalue weighted by Gasteiger charge is 2.29. The second kappa shape index (κ2) is 9.67. The van der Waals surface area contributed by atoms with Gasteiger partial charge in [-0.3, -0.25) is 4.79 Å². The van der Waals surface area contributed by atoms with Crippen molar-refractivity contribution in [2.24, 2.45) is 0 Å². The van der Waals surface area contributed by atoms with Gasteiger partial charge < -0.3 is 24.4 Å². The van der Waals surface area contributed by atoms with Crippen LogP contribution in [0, 0.1) is 0 Å². The zero-order valence-corrected chi connectivity index (χ0v) is 18.8. The molecule has 0 aliphatic carbocycles. The molecule has 2 aromatic carbocycles. The maximum Gasteiger partial charge on any atom is 0.322 e. The Hall–Kier alpha value is -3.32. The number of rotatable bonds is 5. The maximum atomic E-state index is 13.0. The number of nitrogens with one attached hydrogen (secondary N) is 1. The zero-order chi connectivity index (χ0) is 22.6. The van der Waals surface area contributed by atoms with Crippen molar-refractivity contribution in [1.29, 1.82) is 0 Å². The van der Waals surface area contributed by atoms with E-state index in [2.05, 4.69) is 17.4 Å². The van der Waals surface area contributed by atoms with Crippen LogP contribution in [-0.2, 0) is 22.5 Å². The Morgan fingerprint density at radius 3 is 2.64 bits per heavy atom. The lowest BCUT2D eigenvalue weighted by Crippen LogP contribution is -2.42. The van der Waals surface area contributed by atoms with E-state index in [1.54, 1.807) is 0 Å². The van der Waals surface area contributed by atoms with E-state index in [9.17, 15) is 9.59 Å². The third-order valence-corrected chi connectivity index (χ3v) is 6.64. The number of benzene rings is 2. The first kappa shape index (κ1) is 21.5. The number of morpholine rings is 1. The van der Waals surface area contributed by atoms with E-state index in [0.29, 0.717) is 32.8 Å². The van der Waals surface area contributed by atoms with E-state index in [-0.39, 0.29) is 18.0 Å². The molecule has 0 spiro atoms. The summed E-state index contributed by atoms with van der Waals surface area (Å²) >= 11 is 0. The summed E-state index contributed by atoms with van der Waals surface area (Å²) in [6.45, 7) is 3.59. The van der Waals surface area contributed by atoms with Crippen molar-refractivity contribution in [3.05, 3.63) is 66.4 Å². The Balaban J connectivity index is 1.24. The summed E-state index contributed by atoms with van der Waals surface area (Å²) in [6.07, 6.45) is 4.88. The Morgan fingerprint density at radius 1 is 1.00 bits per heavy atom. The molecule has 172 valence electrons. The average Bonchev–Trinajstić information content (AvgIpc) is 3.47. The fourth-order valence-corrected chi connectivity index (χ4v) is 4.87. The molecule has 5 rings (SSSR count). The van der Waals surface area contributed by atoms with Crippen LogP contribution in [0.3, 0.4) is 0 Å². The Bertz CT molecular complexity index is 1120. The van der Waals surface area contributed by atoms with E-state index in [1.807, 2.05) is 63.0 Å². The van der Waals surface area contributed by atoms with Gasteiger partial charge in [0.15, 0.2) is 0 Å². The monoisotopic (exact) mass is 446 g/mol. The summed E-state index contributed by atoms with van der Waals surface area (Å²) in [5, 5.41) is 4.09. The van der Waals surface area contributed by atoms with Gasteiger partial charge in [0, 0.05) is 48.5 Å². The lowest BCUT2D eigenvalue weighted by molar-refractivity contribution is -0.135. The van der Waals surface area contributed by atoms with E-state index in [4.69, 9.17) is 4.74 Å². The van der Waals surface area contributed by atoms with Crippen LogP contribution in [-0.4, -0.2) is 65.2 Å². The highest BCUT2D eigenvalue weighted by molar-refractivity contribution is 5.93. The largest absolute Gasteiger partial charge is 0.378 e. The molecule has 2 aliphatic heterocycles. The van der Waals surface area contributed by atoms with E-state index < -0.39 is 0 Å². The molecular weight excluding hydrogens is 416 g/mol. The van der Waals surface area contributed by atoms with Crippen molar-refractivity contribution < 1.29 is 14.3 Å². The predicted molar refractivity (Wildman–Crippen MR) is 128 cm³/mol. The lowest BCUT2D eigenvalue weighted by atomic mass is 10.0. The summed E-state index contributed by atoms with van der Waals surface area (Å²) in [7, 11) is 0. The third kappa shape index (κ3) is 4.88. The Kier molecular flexibility index (Phi) is 6.30. The average molecular weight is 447 g/mol. The molecule has 0 unspecified atom stereocenters. The van der Waals surface area contributed by atoms with Gasteiger partial charge >= 0.3 is 6.03 Å². The second-order valence-corrected chi connectivity index (χ2v) is 8.82. The number of hydrogen-bond acceptors (Lipinski definition) is 3. The first-order valence-electron chi connectivity index (χ1n) is 11.7. The van der Waals surface area contributed by atoms with Gasteiger partial charge in [0.05, 0.1) is 13.2 Å². The van der Waals surface area contributed by atoms with E-state index in [0.717, 1.165) is 42.4 Å². The number of aromatic nitrogens is 1. The number of carbonyl (C=O) groups is 2. The number of nitrogens with zero attached hydrogens (tertiary/aromatic N) is 3. The van der Waals surface area contributed by atoms with Crippen LogP contribution in [0.1, 0.15) is 18.4 Å². The van der Waals surface area contributed by atoms with Gasteiger partial charge in [-0.05, 0) is 49.1 Å². The zero-order valence-electron chi connectivity index (χ0n) is 18.8. The minimum absolute atomic E-state index is 0.0466. The normalized spacial score (nSPS) is 18.6. The fourth-order valence-electron chi connectivity index (χ4n) is 4.87. The second-order valence-electron chi connectivity index (χ2n) is 8.82. The number of likely N-dealkylation sites (tertiary alicyclic amines) is 1. The number of urea groups is 1. The predicted octanol–water partition coefficient (Wildman–Crippen LogP) is 3.74. The van der Waals surface area contributed by atoms with Crippen LogP contribution >= 0.6 is 0 Å². The van der Waals surface area contributed by atoms with Crippen LogP contribution in [0.4, 0.5) is 10.5 Å². The molecule has 1 N–H and O–H groups in total. The van der Waals surface area contributed by atoms with Gasteiger partial charge in [-0.2, -0.15) is 0 Å². The molecule has 3 aromatic rings. The minimum Gasteiger partial charge on any atom is -0.378 e. The summed E-state index contributed by atoms with van der Waals surface area (Å²) < 4.78 is 7.30. The van der Waals surface area contributed by atoms with Gasteiger partial charge in [0.2, 0.25) is 5.91 Å². The topological polar surface area (TPSA) is 66.8 Å². The molecular formula is C26H30N4O3. The summed E-state index contributed by atoms with van der Waals surface area (Å²) in [5.74, 6) is 0.103. The molecule has 1 aromatic heterocycles. The van der Waals surface area contributed by atoms with E-state index in [1.165, 1.54) is 5.56 Å². The first-order valence-corrected chi connectivity index (χ1v) is 11.7. The maximum absolute atomic E-state index is 13.0. The molecule has 2 fully saturated rings. The van der Waals surface area contributed by atoms with Crippen LogP contribution < -0.4 is 5.32 Å². The van der Waals surface area contributed by atoms with Gasteiger partial charge in [0.1, 0.15) is 6.54 Å². The standard InChI is InChI=1S/C26H30N4O3/c31-25(28-13-15-33-16-14-28)19-29-12-10-21-18-22(8-9-24(21)29)27-26(32)30-11-4-7-23(30)17-20-5-2-1-3-6-20/h1-3,5-6,8-10,12,18,23H,4,7,11,13-17,19H2,(H,27,32)/t23-/m0/s1. The number of amides is 3. The minimum atomic E-state index is -0.0466. The van der Waals surface area contributed by atoms with Crippen LogP contribution in [0.25, 0.3) is 10.9 Å². The summed E-state index contributed by atoms with van der Waals surface area (Å²) in [4.78, 5) is 29.5. The summed E-state index contributed by atoms with van der Waals surface area (Å²) in [6, 6.07) is 18.4. The van der Waals surface area contributed by atoms with Gasteiger partial charge in [-0.1, -0.05) is 30.3 Å². The van der Waals surface area contributed by atoms with Crippen molar-refractivity contribution in [3.8, 4) is 0 Å². The number of anilines is 1. The molecule has 0 saturated carbocycles. The van der Waals surface area contributed by atoms with Crippen LogP contribution in [0.5, 0.6) is 0 Å². The molecule has 0 radical (unpaired) electrons. The Morgan fingerprint density at radius 2 is 1.82 bits per heavy atom. The smallest absolute Gasteiger partial charge is 0.322 e. The first-order chi connectivity index (χ1) is 16.2. The molecule has 2 aliphatic rings. The molecule has 7 nitrogen and oxygen atoms in total. The van der Waals surface area contributed by atoms with Crippen molar-refractivity contribution in [2.45, 2.75) is 31.8 Å². The SMILES string of the molecule is O=C(Cn1ccc2cc(NC(=O)N3CCC[C@H]3Cc3ccccc3)ccc21)N1CCOCC1. The highest BCUT2D eigenvalue weighted by Crippen LogP contribution is 2.24. The van der Waals surface area contributed by atoms with Crippen molar-refractivity contribution in [1.82, 2.24) is 14.4 Å². The van der Waals surface area contributed by atoms with Crippen LogP contribution in [0.15, 0.2) is 60.8 Å². The van der Waals surface area contributed by atoms with Gasteiger partial charge in [-0.25, -0.2) is 4.79 Å². The van der Waals surface area contributed by atoms with Crippen molar-refractivity contribution >= 4 is 28.5 Å². The van der Waals surface area contributed by atoms with E-state index >= 15 is 0 Å². The number of carbonyl (C=O) groups excluding carboxylic acids is 2. The van der Waals surface area contributed by atoms with Gasteiger partial charge in [-0.15, -0.1) is 0 Å². The van der Waals surface area contributed by atoms with Gasteiger partial charge in [0.25, 0.3) is 0 Å². The number of ether oxygens (including phenoxy) is 1. The molecule has 2 saturated heterocycles. The molecule has 1 atom stereocenters. The lowest BCUT2D eigenvalue weighted by Gasteiger charge is -2.27. The molecule has 7 heteroatoms. The number of fused-ring (bicyclic) bond motifs is 1.